The van der Waals surface area contributed by atoms with Crippen LogP contribution in [0.25, 0.3) is 0 Å². The first-order valence-electron chi connectivity index (χ1n) is 6.56. The van der Waals surface area contributed by atoms with Gasteiger partial charge in [-0.1, -0.05) is 6.07 Å². The van der Waals surface area contributed by atoms with Gasteiger partial charge in [0.15, 0.2) is 0 Å². The van der Waals surface area contributed by atoms with Gasteiger partial charge in [-0.05, 0) is 25.0 Å². The van der Waals surface area contributed by atoms with Gasteiger partial charge in [0.05, 0.1) is 6.54 Å². The quantitative estimate of drug-likeness (QED) is 0.564. The van der Waals surface area contributed by atoms with Crippen LogP contribution in [0.1, 0.15) is 23.3 Å². The standard InChI is InChI=1S/C13H13FN4O3/c14-9-4-1-3-8(15-9)10(19)18-6-2-5-13(7-18)11(20)16-12(21)17-13/h1,3-4H,2,5-7H2,(H2,16,17,20,21). The number of aromatic nitrogens is 1. The first-order valence-corrected chi connectivity index (χ1v) is 6.56. The maximum Gasteiger partial charge on any atom is 0.322 e. The molecule has 0 aromatic carbocycles. The number of carbonyl (C=O) groups is 3. The molecule has 2 aliphatic heterocycles. The van der Waals surface area contributed by atoms with Crippen molar-refractivity contribution in [3.05, 3.63) is 29.8 Å². The number of rotatable bonds is 1. The third-order valence-corrected chi connectivity index (χ3v) is 3.73. The summed E-state index contributed by atoms with van der Waals surface area (Å²) < 4.78 is 13.1. The molecule has 0 aliphatic carbocycles. The summed E-state index contributed by atoms with van der Waals surface area (Å²) in [5, 5.41) is 4.76. The molecule has 0 saturated carbocycles. The molecule has 1 aromatic rings. The molecule has 0 radical (unpaired) electrons. The number of piperidine rings is 1. The molecule has 21 heavy (non-hydrogen) atoms. The smallest absolute Gasteiger partial charge is 0.322 e. The van der Waals surface area contributed by atoms with Crippen LogP contribution in [0.2, 0.25) is 0 Å². The van der Waals surface area contributed by atoms with E-state index in [1.807, 2.05) is 0 Å². The molecule has 110 valence electrons. The van der Waals surface area contributed by atoms with Crippen LogP contribution < -0.4 is 10.6 Å². The molecule has 4 amide bonds. The van der Waals surface area contributed by atoms with Crippen LogP contribution in [0.15, 0.2) is 18.2 Å². The Balaban J connectivity index is 1.82. The van der Waals surface area contributed by atoms with Gasteiger partial charge in [-0.25, -0.2) is 9.78 Å². The molecule has 3 rings (SSSR count). The van der Waals surface area contributed by atoms with Gasteiger partial charge in [-0.3, -0.25) is 14.9 Å². The number of hydrogen-bond donors (Lipinski definition) is 2. The lowest BCUT2D eigenvalue weighted by molar-refractivity contribution is -0.125. The van der Waals surface area contributed by atoms with Gasteiger partial charge < -0.3 is 10.2 Å². The Kier molecular flexibility index (Phi) is 3.08. The molecule has 8 heteroatoms. The van der Waals surface area contributed by atoms with E-state index in [1.165, 1.54) is 17.0 Å². The number of likely N-dealkylation sites (tertiary alicyclic amines) is 1. The molecular weight excluding hydrogens is 279 g/mol. The number of nitrogens with zero attached hydrogens (tertiary/aromatic N) is 2. The largest absolute Gasteiger partial charge is 0.334 e. The molecule has 2 aliphatic rings. The summed E-state index contributed by atoms with van der Waals surface area (Å²) in [5.74, 6) is -1.63. The van der Waals surface area contributed by atoms with E-state index >= 15 is 0 Å². The van der Waals surface area contributed by atoms with Crippen LogP contribution in [0, 0.1) is 5.95 Å². The average Bonchev–Trinajstić information content (AvgIpc) is 2.72. The van der Waals surface area contributed by atoms with Gasteiger partial charge in [-0.2, -0.15) is 4.39 Å². The highest BCUT2D eigenvalue weighted by atomic mass is 19.1. The van der Waals surface area contributed by atoms with E-state index in [9.17, 15) is 18.8 Å². The number of halogens is 1. The van der Waals surface area contributed by atoms with Gasteiger partial charge in [0.1, 0.15) is 11.2 Å². The number of nitrogens with one attached hydrogen (secondary N) is 2. The van der Waals surface area contributed by atoms with Crippen LogP contribution in [0.4, 0.5) is 9.18 Å². The highest BCUT2D eigenvalue weighted by molar-refractivity contribution is 6.07. The van der Waals surface area contributed by atoms with Gasteiger partial charge in [0.25, 0.3) is 11.8 Å². The minimum Gasteiger partial charge on any atom is -0.334 e. The highest BCUT2D eigenvalue weighted by Gasteiger charge is 2.49. The lowest BCUT2D eigenvalue weighted by atomic mass is 9.89. The van der Waals surface area contributed by atoms with Gasteiger partial charge >= 0.3 is 6.03 Å². The van der Waals surface area contributed by atoms with E-state index in [-0.39, 0.29) is 12.2 Å². The molecular formula is C13H13FN4O3. The van der Waals surface area contributed by atoms with Crippen LogP contribution in [-0.2, 0) is 4.79 Å². The second kappa shape index (κ2) is 4.80. The lowest BCUT2D eigenvalue weighted by Gasteiger charge is -2.37. The fraction of sp³-hybridized carbons (Fsp3) is 0.385. The molecule has 1 spiro atoms. The van der Waals surface area contributed by atoms with E-state index in [0.29, 0.717) is 19.4 Å². The van der Waals surface area contributed by atoms with Gasteiger partial charge in [-0.15, -0.1) is 0 Å². The Morgan fingerprint density at radius 1 is 1.38 bits per heavy atom. The van der Waals surface area contributed by atoms with Crippen molar-refractivity contribution in [2.24, 2.45) is 0 Å². The van der Waals surface area contributed by atoms with E-state index < -0.39 is 29.3 Å². The van der Waals surface area contributed by atoms with E-state index in [2.05, 4.69) is 15.6 Å². The Morgan fingerprint density at radius 2 is 2.19 bits per heavy atom. The fourth-order valence-corrected chi connectivity index (χ4v) is 2.73. The van der Waals surface area contributed by atoms with Crippen molar-refractivity contribution in [3.8, 4) is 0 Å². The minimum absolute atomic E-state index is 0.0169. The monoisotopic (exact) mass is 292 g/mol. The number of hydrogen-bond acceptors (Lipinski definition) is 4. The maximum atomic E-state index is 13.1. The van der Waals surface area contributed by atoms with Crippen molar-refractivity contribution in [3.63, 3.8) is 0 Å². The Morgan fingerprint density at radius 3 is 2.86 bits per heavy atom. The fourth-order valence-electron chi connectivity index (χ4n) is 2.73. The zero-order chi connectivity index (χ0) is 15.0. The number of imide groups is 1. The molecule has 1 aromatic heterocycles. The van der Waals surface area contributed by atoms with Crippen LogP contribution in [-0.4, -0.2) is 46.4 Å². The summed E-state index contributed by atoms with van der Waals surface area (Å²) >= 11 is 0. The van der Waals surface area contributed by atoms with Crippen molar-refractivity contribution in [2.75, 3.05) is 13.1 Å². The zero-order valence-corrected chi connectivity index (χ0v) is 11.1. The Hall–Kier alpha value is -2.51. The average molecular weight is 292 g/mol. The number of pyridine rings is 1. The SMILES string of the molecule is O=C1NC(=O)C2(CCCN(C(=O)c3cccc(F)n3)C2)N1. The third-order valence-electron chi connectivity index (χ3n) is 3.73. The van der Waals surface area contributed by atoms with Crippen molar-refractivity contribution in [1.29, 1.82) is 0 Å². The van der Waals surface area contributed by atoms with Crippen LogP contribution in [0.5, 0.6) is 0 Å². The highest BCUT2D eigenvalue weighted by Crippen LogP contribution is 2.25. The lowest BCUT2D eigenvalue weighted by Crippen LogP contribution is -2.59. The van der Waals surface area contributed by atoms with Crippen molar-refractivity contribution >= 4 is 17.8 Å². The van der Waals surface area contributed by atoms with Crippen molar-refractivity contribution < 1.29 is 18.8 Å². The molecule has 3 heterocycles. The molecule has 1 atom stereocenters. The minimum atomic E-state index is -1.09. The predicted octanol–water partition coefficient (Wildman–Crippen LogP) is 0.0349. The first kappa shape index (κ1) is 13.5. The third kappa shape index (κ3) is 2.32. The summed E-state index contributed by atoms with van der Waals surface area (Å²) in [6.45, 7) is 0.490. The van der Waals surface area contributed by atoms with E-state index in [4.69, 9.17) is 0 Å². The Bertz CT molecular complexity index is 636. The number of carbonyl (C=O) groups excluding carboxylic acids is 3. The maximum absolute atomic E-state index is 13.1. The van der Waals surface area contributed by atoms with Gasteiger partial charge in [0, 0.05) is 6.54 Å². The second-order valence-electron chi connectivity index (χ2n) is 5.17. The second-order valence-corrected chi connectivity index (χ2v) is 5.17. The summed E-state index contributed by atoms with van der Waals surface area (Å²) in [7, 11) is 0. The number of amides is 4. The molecule has 0 bridgehead atoms. The Labute approximate surface area is 119 Å². The van der Waals surface area contributed by atoms with Crippen LogP contribution in [0.3, 0.4) is 0 Å². The van der Waals surface area contributed by atoms with Gasteiger partial charge in [0.2, 0.25) is 5.95 Å². The molecule has 2 saturated heterocycles. The molecule has 2 N–H and O–H groups in total. The summed E-state index contributed by atoms with van der Waals surface area (Å²) in [5.41, 5.74) is -1.10. The van der Waals surface area contributed by atoms with E-state index in [0.717, 1.165) is 6.07 Å². The summed E-state index contributed by atoms with van der Waals surface area (Å²) in [4.78, 5) is 40.5. The molecule has 7 nitrogen and oxygen atoms in total. The summed E-state index contributed by atoms with van der Waals surface area (Å²) in [6, 6.07) is 3.41. The van der Waals surface area contributed by atoms with Crippen molar-refractivity contribution in [2.45, 2.75) is 18.4 Å². The number of urea groups is 1. The van der Waals surface area contributed by atoms with Crippen molar-refractivity contribution in [1.82, 2.24) is 20.5 Å². The topological polar surface area (TPSA) is 91.4 Å². The first-order chi connectivity index (χ1) is 10.00. The normalized spacial score (nSPS) is 24.9. The van der Waals surface area contributed by atoms with Crippen LogP contribution >= 0.6 is 0 Å². The zero-order valence-electron chi connectivity index (χ0n) is 11.1. The molecule has 2 fully saturated rings. The molecule has 1 unspecified atom stereocenters. The predicted molar refractivity (Wildman–Crippen MR) is 68.7 cm³/mol. The summed E-state index contributed by atoms with van der Waals surface area (Å²) in [6.07, 6.45) is 1.03. The van der Waals surface area contributed by atoms with E-state index in [1.54, 1.807) is 0 Å².